The van der Waals surface area contributed by atoms with Gasteiger partial charge >= 0.3 is 0 Å². The monoisotopic (exact) mass is 363 g/mol. The van der Waals surface area contributed by atoms with E-state index in [9.17, 15) is 4.79 Å². The molecule has 0 aliphatic carbocycles. The molecule has 0 bridgehead atoms. The quantitative estimate of drug-likeness (QED) is 0.697. The average molecular weight is 363 g/mol. The molecule has 1 saturated heterocycles. The van der Waals surface area contributed by atoms with Gasteiger partial charge in [-0.3, -0.25) is 9.36 Å². The SMILES string of the molecule is CCOC1CCN(c2nc3ccccc3n(Cc3ccccc3)c2=O)CC1. The lowest BCUT2D eigenvalue weighted by Crippen LogP contribution is -2.41. The van der Waals surface area contributed by atoms with Gasteiger partial charge in [-0.25, -0.2) is 4.98 Å². The number of rotatable bonds is 5. The molecule has 1 fully saturated rings. The maximum Gasteiger partial charge on any atom is 0.294 e. The molecule has 2 heterocycles. The first-order valence-corrected chi connectivity index (χ1v) is 9.66. The van der Waals surface area contributed by atoms with Gasteiger partial charge in [-0.15, -0.1) is 0 Å². The largest absolute Gasteiger partial charge is 0.378 e. The standard InChI is InChI=1S/C22H25N3O2/c1-2-27-18-12-14-24(15-13-18)21-22(26)25(16-17-8-4-3-5-9-17)20-11-7-6-10-19(20)23-21/h3-11,18H,2,12-16H2,1H3. The van der Waals surface area contributed by atoms with E-state index in [1.807, 2.05) is 54.0 Å². The van der Waals surface area contributed by atoms with E-state index >= 15 is 0 Å². The van der Waals surface area contributed by atoms with Crippen LogP contribution >= 0.6 is 0 Å². The van der Waals surface area contributed by atoms with Crippen molar-refractivity contribution in [2.45, 2.75) is 32.4 Å². The van der Waals surface area contributed by atoms with Gasteiger partial charge in [-0.2, -0.15) is 0 Å². The van der Waals surface area contributed by atoms with Crippen LogP contribution in [0.3, 0.4) is 0 Å². The predicted molar refractivity (Wildman–Crippen MR) is 108 cm³/mol. The van der Waals surface area contributed by atoms with Crippen LogP contribution in [-0.4, -0.2) is 35.4 Å². The van der Waals surface area contributed by atoms with Gasteiger partial charge in [0.1, 0.15) is 0 Å². The van der Waals surface area contributed by atoms with Crippen molar-refractivity contribution in [3.8, 4) is 0 Å². The van der Waals surface area contributed by atoms with Crippen LogP contribution in [0.4, 0.5) is 5.82 Å². The molecular formula is C22H25N3O2. The van der Waals surface area contributed by atoms with Crippen molar-refractivity contribution in [3.63, 3.8) is 0 Å². The molecular weight excluding hydrogens is 338 g/mol. The highest BCUT2D eigenvalue weighted by atomic mass is 16.5. The van der Waals surface area contributed by atoms with Gasteiger partial charge in [0, 0.05) is 19.7 Å². The van der Waals surface area contributed by atoms with Crippen molar-refractivity contribution >= 4 is 16.9 Å². The molecule has 5 heteroatoms. The molecule has 1 aliphatic heterocycles. The lowest BCUT2D eigenvalue weighted by Gasteiger charge is -2.32. The molecule has 3 aromatic rings. The fourth-order valence-electron chi connectivity index (χ4n) is 3.78. The van der Waals surface area contributed by atoms with E-state index < -0.39 is 0 Å². The van der Waals surface area contributed by atoms with Gasteiger partial charge in [-0.1, -0.05) is 42.5 Å². The zero-order chi connectivity index (χ0) is 18.6. The summed E-state index contributed by atoms with van der Waals surface area (Å²) in [4.78, 5) is 20.2. The van der Waals surface area contributed by atoms with Crippen molar-refractivity contribution in [2.75, 3.05) is 24.6 Å². The summed E-state index contributed by atoms with van der Waals surface area (Å²) in [6.45, 7) is 4.92. The lowest BCUT2D eigenvalue weighted by atomic mass is 10.1. The van der Waals surface area contributed by atoms with Crippen LogP contribution in [0.2, 0.25) is 0 Å². The molecule has 0 N–H and O–H groups in total. The molecule has 0 amide bonds. The van der Waals surface area contributed by atoms with Gasteiger partial charge in [0.05, 0.1) is 23.7 Å². The minimum Gasteiger partial charge on any atom is -0.378 e. The molecule has 4 rings (SSSR count). The number of hydrogen-bond acceptors (Lipinski definition) is 4. The number of anilines is 1. The molecule has 1 aliphatic rings. The summed E-state index contributed by atoms with van der Waals surface area (Å²) in [6, 6.07) is 18.0. The maximum absolute atomic E-state index is 13.3. The molecule has 0 radical (unpaired) electrons. The summed E-state index contributed by atoms with van der Waals surface area (Å²) in [5, 5.41) is 0. The Morgan fingerprint density at radius 1 is 1.04 bits per heavy atom. The number of para-hydroxylation sites is 2. The third kappa shape index (κ3) is 3.74. The Morgan fingerprint density at radius 3 is 2.48 bits per heavy atom. The van der Waals surface area contributed by atoms with E-state index in [1.165, 1.54) is 0 Å². The van der Waals surface area contributed by atoms with E-state index in [4.69, 9.17) is 9.72 Å². The van der Waals surface area contributed by atoms with Crippen molar-refractivity contribution < 1.29 is 4.74 Å². The molecule has 0 saturated carbocycles. The van der Waals surface area contributed by atoms with Crippen LogP contribution in [-0.2, 0) is 11.3 Å². The molecule has 1 aromatic heterocycles. The summed E-state index contributed by atoms with van der Waals surface area (Å²) in [5.41, 5.74) is 2.82. The number of aromatic nitrogens is 2. The lowest BCUT2D eigenvalue weighted by molar-refractivity contribution is 0.0458. The smallest absolute Gasteiger partial charge is 0.294 e. The van der Waals surface area contributed by atoms with Crippen LogP contribution in [0, 0.1) is 0 Å². The van der Waals surface area contributed by atoms with E-state index in [2.05, 4.69) is 17.0 Å². The van der Waals surface area contributed by atoms with Crippen LogP contribution < -0.4 is 10.5 Å². The Kier molecular flexibility index (Phi) is 5.21. The molecule has 2 aromatic carbocycles. The highest BCUT2D eigenvalue weighted by Gasteiger charge is 2.23. The Balaban J connectivity index is 1.72. The molecule has 5 nitrogen and oxygen atoms in total. The predicted octanol–water partition coefficient (Wildman–Crippen LogP) is 3.45. The third-order valence-corrected chi connectivity index (χ3v) is 5.16. The normalized spacial score (nSPS) is 15.4. The third-order valence-electron chi connectivity index (χ3n) is 5.16. The first kappa shape index (κ1) is 17.7. The maximum atomic E-state index is 13.3. The first-order chi connectivity index (χ1) is 13.3. The van der Waals surface area contributed by atoms with Gasteiger partial charge in [0.2, 0.25) is 0 Å². The van der Waals surface area contributed by atoms with E-state index in [0.717, 1.165) is 49.1 Å². The second kappa shape index (κ2) is 7.92. The summed E-state index contributed by atoms with van der Waals surface area (Å²) < 4.78 is 7.59. The summed E-state index contributed by atoms with van der Waals surface area (Å²) in [7, 11) is 0. The van der Waals surface area contributed by atoms with Gasteiger partial charge < -0.3 is 9.64 Å². The second-order valence-corrected chi connectivity index (χ2v) is 6.94. The molecule has 0 unspecified atom stereocenters. The number of benzene rings is 2. The van der Waals surface area contributed by atoms with Gasteiger partial charge in [-0.05, 0) is 37.5 Å². The molecule has 0 atom stereocenters. The fraction of sp³-hybridized carbons (Fsp3) is 0.364. The van der Waals surface area contributed by atoms with Crippen molar-refractivity contribution in [3.05, 3.63) is 70.5 Å². The minimum atomic E-state index is -0.0209. The highest BCUT2D eigenvalue weighted by molar-refractivity contribution is 5.76. The number of nitrogens with zero attached hydrogens (tertiary/aromatic N) is 3. The summed E-state index contributed by atoms with van der Waals surface area (Å²) in [6.07, 6.45) is 2.15. The Morgan fingerprint density at radius 2 is 1.74 bits per heavy atom. The number of fused-ring (bicyclic) bond motifs is 1. The molecule has 0 spiro atoms. The van der Waals surface area contributed by atoms with Crippen molar-refractivity contribution in [2.24, 2.45) is 0 Å². The van der Waals surface area contributed by atoms with Crippen LogP contribution in [0.5, 0.6) is 0 Å². The fourth-order valence-corrected chi connectivity index (χ4v) is 3.78. The number of ether oxygens (including phenoxy) is 1. The minimum absolute atomic E-state index is 0.0209. The van der Waals surface area contributed by atoms with Crippen molar-refractivity contribution in [1.29, 1.82) is 0 Å². The first-order valence-electron chi connectivity index (χ1n) is 9.66. The van der Waals surface area contributed by atoms with Gasteiger partial charge in [0.15, 0.2) is 5.82 Å². The Bertz CT molecular complexity index is 960. The van der Waals surface area contributed by atoms with Crippen LogP contribution in [0.1, 0.15) is 25.3 Å². The molecule has 27 heavy (non-hydrogen) atoms. The van der Waals surface area contributed by atoms with Crippen molar-refractivity contribution in [1.82, 2.24) is 9.55 Å². The zero-order valence-electron chi connectivity index (χ0n) is 15.7. The number of piperidine rings is 1. The van der Waals surface area contributed by atoms with Gasteiger partial charge in [0.25, 0.3) is 5.56 Å². The number of hydrogen-bond donors (Lipinski definition) is 0. The average Bonchev–Trinajstić information content (AvgIpc) is 2.72. The van der Waals surface area contributed by atoms with Crippen LogP contribution in [0.15, 0.2) is 59.4 Å². The van der Waals surface area contributed by atoms with Crippen LogP contribution in [0.25, 0.3) is 11.0 Å². The summed E-state index contributed by atoms with van der Waals surface area (Å²) >= 11 is 0. The summed E-state index contributed by atoms with van der Waals surface area (Å²) in [5.74, 6) is 0.555. The van der Waals surface area contributed by atoms with E-state index in [1.54, 1.807) is 0 Å². The second-order valence-electron chi connectivity index (χ2n) is 6.94. The topological polar surface area (TPSA) is 47.4 Å². The van der Waals surface area contributed by atoms with E-state index in [0.29, 0.717) is 18.5 Å². The Hall–Kier alpha value is -2.66. The highest BCUT2D eigenvalue weighted by Crippen LogP contribution is 2.20. The van der Waals surface area contributed by atoms with E-state index in [-0.39, 0.29) is 5.56 Å². The Labute approximate surface area is 159 Å². The molecule has 140 valence electrons. The zero-order valence-corrected chi connectivity index (χ0v) is 15.7.